The van der Waals surface area contributed by atoms with Gasteiger partial charge in [0.15, 0.2) is 0 Å². The molecule has 0 saturated carbocycles. The van der Waals surface area contributed by atoms with E-state index in [-0.39, 0.29) is 0 Å². The highest BCUT2D eigenvalue weighted by Gasteiger charge is 2.09. The van der Waals surface area contributed by atoms with E-state index in [1.807, 2.05) is 0 Å². The van der Waals surface area contributed by atoms with E-state index in [9.17, 15) is 4.79 Å². The van der Waals surface area contributed by atoms with Crippen LogP contribution in [0.2, 0.25) is 6.32 Å². The van der Waals surface area contributed by atoms with Gasteiger partial charge in [-0.05, 0) is 6.42 Å². The summed E-state index contributed by atoms with van der Waals surface area (Å²) in [7, 11) is 0.847. The summed E-state index contributed by atoms with van der Waals surface area (Å²) in [5, 5.41) is 0. The van der Waals surface area contributed by atoms with Crippen molar-refractivity contribution in [2.24, 2.45) is 0 Å². The van der Waals surface area contributed by atoms with Crippen LogP contribution in [0.25, 0.3) is 0 Å². The summed E-state index contributed by atoms with van der Waals surface area (Å²) in [5.74, 6) is 0. The fourth-order valence-electron chi connectivity index (χ4n) is 0.769. The van der Waals surface area contributed by atoms with Gasteiger partial charge in [0.25, 0.3) is 0 Å². The highest BCUT2D eigenvalue weighted by Crippen LogP contribution is 2.04. The predicted molar refractivity (Wildman–Crippen MR) is 26.2 cm³/mol. The molecule has 0 N–H and O–H groups in total. The van der Waals surface area contributed by atoms with Gasteiger partial charge in [-0.1, -0.05) is 12.7 Å². The van der Waals surface area contributed by atoms with E-state index in [2.05, 4.69) is 0 Å². The fraction of sp³-hybridized carbons (Fsp3) is 0.750. The maximum atomic E-state index is 10.2. The lowest BCUT2D eigenvalue weighted by molar-refractivity contribution is -0.111. The van der Waals surface area contributed by atoms with Crippen LogP contribution < -0.4 is 0 Å². The topological polar surface area (TPSA) is 17.1 Å². The summed E-state index contributed by atoms with van der Waals surface area (Å²) in [6.07, 6.45) is 3.12. The number of rotatable bonds is 0. The average Bonchev–Trinajstić information content (AvgIpc) is 1.86. The zero-order valence-electron chi connectivity index (χ0n) is 3.74. The van der Waals surface area contributed by atoms with Gasteiger partial charge in [0.2, 0.25) is 7.28 Å². The Labute approximate surface area is 38.0 Å². The largest absolute Gasteiger partial charge is 0.312 e. The van der Waals surface area contributed by atoms with Crippen LogP contribution in [-0.4, -0.2) is 13.0 Å². The summed E-state index contributed by atoms with van der Waals surface area (Å²) in [4.78, 5) is 10.2. The van der Waals surface area contributed by atoms with Crippen LogP contribution in [0.5, 0.6) is 0 Å². The number of hydrogen-bond donors (Lipinski definition) is 0. The summed E-state index contributed by atoms with van der Waals surface area (Å²) < 4.78 is 0. The number of carbonyl (C=O) groups excluding carboxylic acids is 1. The molecule has 0 spiro atoms. The summed E-state index contributed by atoms with van der Waals surface area (Å²) in [5.41, 5.74) is 0.454. The molecular weight excluding hydrogens is 74.9 g/mol. The molecule has 0 amide bonds. The Morgan fingerprint density at radius 3 is 2.67 bits per heavy atom. The molecule has 0 radical (unpaired) electrons. The molecule has 0 aliphatic carbocycles. The lowest BCUT2D eigenvalue weighted by Crippen LogP contribution is -1.95. The lowest BCUT2D eigenvalue weighted by Gasteiger charge is -1.71. The molecule has 1 nitrogen and oxygen atoms in total. The van der Waals surface area contributed by atoms with Gasteiger partial charge in [0.1, 0.15) is 0 Å². The molecular formula is C4H7BO. The van der Waals surface area contributed by atoms with Gasteiger partial charge in [0, 0.05) is 0 Å². The third-order valence-electron chi connectivity index (χ3n) is 1.16. The van der Waals surface area contributed by atoms with E-state index in [4.69, 9.17) is 0 Å². The van der Waals surface area contributed by atoms with Gasteiger partial charge >= 0.3 is 0 Å². The van der Waals surface area contributed by atoms with E-state index >= 15 is 0 Å². The van der Waals surface area contributed by atoms with Crippen LogP contribution in [0.4, 0.5) is 0 Å². The van der Waals surface area contributed by atoms with E-state index in [0.717, 1.165) is 26.4 Å². The second kappa shape index (κ2) is 1.46. The van der Waals surface area contributed by atoms with Crippen molar-refractivity contribution in [1.29, 1.82) is 0 Å². The summed E-state index contributed by atoms with van der Waals surface area (Å²) >= 11 is 0. The Balaban J connectivity index is 2.37. The molecule has 1 saturated heterocycles. The van der Waals surface area contributed by atoms with Crippen molar-refractivity contribution < 1.29 is 4.79 Å². The van der Waals surface area contributed by atoms with Gasteiger partial charge in [0.05, 0.1) is 5.68 Å². The normalized spacial score (nSPS) is 21.0. The smallest absolute Gasteiger partial charge is 0.205 e. The lowest BCUT2D eigenvalue weighted by atomic mass is 9.76. The molecule has 6 heavy (non-hydrogen) atoms. The second-order valence-corrected chi connectivity index (χ2v) is 1.75. The number of hydrogen-bond acceptors (Lipinski definition) is 1. The van der Waals surface area contributed by atoms with Crippen LogP contribution in [0.1, 0.15) is 12.8 Å². The zero-order valence-corrected chi connectivity index (χ0v) is 3.74. The maximum absolute atomic E-state index is 10.2. The molecule has 1 aliphatic rings. The molecule has 1 heterocycles. The van der Waals surface area contributed by atoms with Gasteiger partial charge in [-0.3, -0.25) is 0 Å². The molecule has 2 heteroatoms. The second-order valence-electron chi connectivity index (χ2n) is 1.75. The van der Waals surface area contributed by atoms with E-state index in [1.54, 1.807) is 0 Å². The monoisotopic (exact) mass is 82.1 g/mol. The Morgan fingerprint density at radius 1 is 1.67 bits per heavy atom. The molecule has 0 atom stereocenters. The fourth-order valence-corrected chi connectivity index (χ4v) is 0.769. The first-order valence-electron chi connectivity index (χ1n) is 2.41. The SMILES string of the molecule is O=C1BCCC1. The summed E-state index contributed by atoms with van der Waals surface area (Å²) in [6, 6.07) is 0. The van der Waals surface area contributed by atoms with Crippen molar-refractivity contribution in [2.75, 3.05) is 0 Å². The standard InChI is InChI=1S/C4H7BO/c6-4-2-1-3-5-4/h5H,1-3H2. The maximum Gasteiger partial charge on any atom is 0.205 e. The van der Waals surface area contributed by atoms with Crippen molar-refractivity contribution in [3.63, 3.8) is 0 Å². The molecule has 32 valence electrons. The Kier molecular flexibility index (Phi) is 0.949. The van der Waals surface area contributed by atoms with Crippen LogP contribution in [-0.2, 0) is 4.79 Å². The number of carbonyl (C=O) groups is 1. The van der Waals surface area contributed by atoms with Crippen molar-refractivity contribution in [3.8, 4) is 0 Å². The van der Waals surface area contributed by atoms with Crippen molar-refractivity contribution >= 4 is 13.0 Å². The quantitative estimate of drug-likeness (QED) is 0.380. The Morgan fingerprint density at radius 2 is 2.50 bits per heavy atom. The minimum Gasteiger partial charge on any atom is -0.312 e. The van der Waals surface area contributed by atoms with Gasteiger partial charge in [-0.25, -0.2) is 0 Å². The minimum absolute atomic E-state index is 0.454. The van der Waals surface area contributed by atoms with Crippen LogP contribution in [0, 0.1) is 0 Å². The predicted octanol–water partition coefficient (Wildman–Crippen LogP) is 0.162. The molecule has 0 aromatic rings. The van der Waals surface area contributed by atoms with E-state index in [0.29, 0.717) is 5.68 Å². The van der Waals surface area contributed by atoms with Gasteiger partial charge in [-0.15, -0.1) is 0 Å². The highest BCUT2D eigenvalue weighted by molar-refractivity contribution is 6.75. The van der Waals surface area contributed by atoms with Crippen LogP contribution >= 0.6 is 0 Å². The first-order valence-corrected chi connectivity index (χ1v) is 2.41. The first-order chi connectivity index (χ1) is 2.89. The zero-order chi connectivity index (χ0) is 4.41. The van der Waals surface area contributed by atoms with Gasteiger partial charge < -0.3 is 4.79 Å². The average molecular weight is 81.9 g/mol. The molecule has 0 aromatic heterocycles. The Hall–Kier alpha value is -0.265. The molecule has 1 rings (SSSR count). The molecule has 0 aromatic carbocycles. The molecule has 1 aliphatic heterocycles. The van der Waals surface area contributed by atoms with E-state index in [1.165, 1.54) is 0 Å². The molecule has 1 fully saturated rings. The van der Waals surface area contributed by atoms with Crippen LogP contribution in [0.15, 0.2) is 0 Å². The van der Waals surface area contributed by atoms with E-state index < -0.39 is 0 Å². The van der Waals surface area contributed by atoms with Crippen molar-refractivity contribution in [2.45, 2.75) is 19.2 Å². The highest BCUT2D eigenvalue weighted by atomic mass is 16.1. The van der Waals surface area contributed by atoms with Crippen molar-refractivity contribution in [3.05, 3.63) is 0 Å². The minimum atomic E-state index is 0.454. The molecule has 0 unspecified atom stereocenters. The first kappa shape index (κ1) is 3.91. The Bertz CT molecular complexity index is 61.9. The van der Waals surface area contributed by atoms with Crippen molar-refractivity contribution in [1.82, 2.24) is 0 Å². The third-order valence-corrected chi connectivity index (χ3v) is 1.16. The molecule has 0 bridgehead atoms. The third kappa shape index (κ3) is 0.616. The van der Waals surface area contributed by atoms with Gasteiger partial charge in [-0.2, -0.15) is 0 Å². The summed E-state index contributed by atoms with van der Waals surface area (Å²) in [6.45, 7) is 0. The van der Waals surface area contributed by atoms with Crippen LogP contribution in [0.3, 0.4) is 0 Å².